The number of halogens is 3. The van der Waals surface area contributed by atoms with E-state index in [0.29, 0.717) is 34.7 Å². The first kappa shape index (κ1) is 26.0. The molecule has 37 heavy (non-hydrogen) atoms. The fourth-order valence-electron chi connectivity index (χ4n) is 3.47. The van der Waals surface area contributed by atoms with Gasteiger partial charge < -0.3 is 15.4 Å². The highest BCUT2D eigenvalue weighted by Crippen LogP contribution is 2.22. The van der Waals surface area contributed by atoms with Crippen molar-refractivity contribution in [1.29, 1.82) is 0 Å². The molecule has 0 saturated carbocycles. The molecule has 2 N–H and O–H groups in total. The minimum atomic E-state index is -0.595. The number of aryl methyl sites for hydroxylation is 2. The molecular formula is C23H21Cl2FN8O3. The molecule has 0 bridgehead atoms. The van der Waals surface area contributed by atoms with E-state index in [2.05, 4.69) is 30.8 Å². The SMILES string of the molecule is COC(=O)c1cc(-n2nc(C)nc2CNC(=O)NCc2nc(C)nn2-c2ccc(Cl)c(F)c2)ccc1Cl. The monoisotopic (exact) mass is 546 g/mol. The molecule has 0 atom stereocenters. The third-order valence-electron chi connectivity index (χ3n) is 5.12. The summed E-state index contributed by atoms with van der Waals surface area (Å²) in [4.78, 5) is 33.2. The lowest BCUT2D eigenvalue weighted by Gasteiger charge is -2.11. The number of nitrogens with one attached hydrogen (secondary N) is 2. The van der Waals surface area contributed by atoms with E-state index in [-0.39, 0.29) is 28.7 Å². The van der Waals surface area contributed by atoms with Crippen molar-refractivity contribution in [2.45, 2.75) is 26.9 Å². The van der Waals surface area contributed by atoms with Gasteiger partial charge in [0.15, 0.2) is 11.6 Å². The Morgan fingerprint density at radius 2 is 1.41 bits per heavy atom. The molecule has 2 aromatic heterocycles. The number of urea groups is 1. The van der Waals surface area contributed by atoms with E-state index in [1.807, 2.05) is 0 Å². The van der Waals surface area contributed by atoms with E-state index < -0.39 is 17.8 Å². The highest BCUT2D eigenvalue weighted by molar-refractivity contribution is 6.33. The van der Waals surface area contributed by atoms with Crippen molar-refractivity contribution < 1.29 is 18.7 Å². The zero-order valence-electron chi connectivity index (χ0n) is 19.9. The zero-order valence-corrected chi connectivity index (χ0v) is 21.4. The number of carbonyl (C=O) groups is 2. The Labute approximate surface area is 220 Å². The summed E-state index contributed by atoms with van der Waals surface area (Å²) in [5.41, 5.74) is 1.10. The summed E-state index contributed by atoms with van der Waals surface area (Å²) in [5.74, 6) is 0.539. The minimum absolute atomic E-state index is 0.0113. The number of methoxy groups -OCH3 is 1. The molecule has 0 aliphatic heterocycles. The average Bonchev–Trinajstić information content (AvgIpc) is 3.44. The molecule has 2 heterocycles. The molecule has 192 valence electrons. The smallest absolute Gasteiger partial charge is 0.339 e. The van der Waals surface area contributed by atoms with E-state index >= 15 is 0 Å². The molecule has 0 unspecified atom stereocenters. The summed E-state index contributed by atoms with van der Waals surface area (Å²) in [7, 11) is 1.26. The normalized spacial score (nSPS) is 10.9. The molecule has 4 aromatic rings. The quantitative estimate of drug-likeness (QED) is 0.338. The molecule has 2 amide bonds. The number of nitrogens with zero attached hydrogens (tertiary/aromatic N) is 6. The fourth-order valence-corrected chi connectivity index (χ4v) is 3.78. The van der Waals surface area contributed by atoms with Crippen LogP contribution in [0.5, 0.6) is 0 Å². The Hall–Kier alpha value is -4.03. The van der Waals surface area contributed by atoms with Crippen LogP contribution >= 0.6 is 23.2 Å². The maximum atomic E-state index is 13.9. The van der Waals surface area contributed by atoms with Crippen LogP contribution in [0.4, 0.5) is 9.18 Å². The van der Waals surface area contributed by atoms with E-state index in [0.717, 1.165) is 0 Å². The average molecular weight is 547 g/mol. The summed E-state index contributed by atoms with van der Waals surface area (Å²) in [5, 5.41) is 14.2. The maximum Gasteiger partial charge on any atom is 0.339 e. The molecule has 0 fully saturated rings. The second-order valence-corrected chi connectivity index (χ2v) is 8.58. The largest absolute Gasteiger partial charge is 0.465 e. The number of aromatic nitrogens is 6. The van der Waals surface area contributed by atoms with Crippen LogP contribution < -0.4 is 10.6 Å². The van der Waals surface area contributed by atoms with Gasteiger partial charge in [0.25, 0.3) is 0 Å². The van der Waals surface area contributed by atoms with Crippen molar-refractivity contribution in [3.05, 3.63) is 81.1 Å². The lowest BCUT2D eigenvalue weighted by atomic mass is 10.2. The number of esters is 1. The van der Waals surface area contributed by atoms with Crippen LogP contribution in [0.25, 0.3) is 11.4 Å². The number of rotatable bonds is 7. The molecule has 0 aliphatic rings. The predicted octanol–water partition coefficient (Wildman–Crippen LogP) is 3.70. The Morgan fingerprint density at radius 3 is 1.92 bits per heavy atom. The van der Waals surface area contributed by atoms with E-state index in [4.69, 9.17) is 27.9 Å². The standard InChI is InChI=1S/C23H21Cl2FN8O3/c1-12-29-20(33(31-12)14-4-6-17(24)16(8-14)22(35)37-3)10-27-23(36)28-11-21-30-13(2)32-34(21)15-5-7-18(25)19(26)9-15/h4-9H,10-11H2,1-3H3,(H2,27,28,36). The first-order chi connectivity index (χ1) is 17.7. The molecule has 14 heteroatoms. The molecule has 0 spiro atoms. The van der Waals surface area contributed by atoms with Crippen LogP contribution in [0, 0.1) is 19.7 Å². The highest BCUT2D eigenvalue weighted by atomic mass is 35.5. The first-order valence-corrected chi connectivity index (χ1v) is 11.6. The minimum Gasteiger partial charge on any atom is -0.465 e. The van der Waals surface area contributed by atoms with Gasteiger partial charge in [-0.3, -0.25) is 0 Å². The van der Waals surface area contributed by atoms with Gasteiger partial charge in [0.2, 0.25) is 0 Å². The van der Waals surface area contributed by atoms with Crippen molar-refractivity contribution in [3.63, 3.8) is 0 Å². The Kier molecular flexibility index (Phi) is 7.69. The highest BCUT2D eigenvalue weighted by Gasteiger charge is 2.17. The van der Waals surface area contributed by atoms with Crippen molar-refractivity contribution >= 4 is 35.2 Å². The van der Waals surface area contributed by atoms with Crippen LogP contribution in [0.3, 0.4) is 0 Å². The van der Waals surface area contributed by atoms with E-state index in [9.17, 15) is 14.0 Å². The molecule has 2 aromatic carbocycles. The van der Waals surface area contributed by atoms with Crippen LogP contribution in [0.1, 0.15) is 33.7 Å². The van der Waals surface area contributed by atoms with Crippen molar-refractivity contribution in [2.75, 3.05) is 7.11 Å². The number of carbonyl (C=O) groups excluding carboxylic acids is 2. The van der Waals surface area contributed by atoms with Gasteiger partial charge in [-0.25, -0.2) is 33.3 Å². The second kappa shape index (κ2) is 10.9. The van der Waals surface area contributed by atoms with Gasteiger partial charge in [0, 0.05) is 6.07 Å². The lowest BCUT2D eigenvalue weighted by Crippen LogP contribution is -2.36. The Balaban J connectivity index is 1.45. The van der Waals surface area contributed by atoms with E-state index in [1.54, 1.807) is 32.0 Å². The Bertz CT molecular complexity index is 1490. The van der Waals surface area contributed by atoms with Crippen LogP contribution in [-0.4, -0.2) is 48.6 Å². The van der Waals surface area contributed by atoms with Crippen molar-refractivity contribution in [3.8, 4) is 11.4 Å². The van der Waals surface area contributed by atoms with Gasteiger partial charge in [0.1, 0.15) is 17.5 Å². The first-order valence-electron chi connectivity index (χ1n) is 10.9. The van der Waals surface area contributed by atoms with Gasteiger partial charge in [-0.15, -0.1) is 0 Å². The number of amides is 2. The van der Waals surface area contributed by atoms with E-state index in [1.165, 1.54) is 34.7 Å². The molecule has 11 nitrogen and oxygen atoms in total. The van der Waals surface area contributed by atoms with Gasteiger partial charge in [-0.05, 0) is 44.2 Å². The molecule has 0 saturated heterocycles. The van der Waals surface area contributed by atoms with Crippen molar-refractivity contribution in [1.82, 2.24) is 40.2 Å². The predicted molar refractivity (Wildman–Crippen MR) is 133 cm³/mol. The van der Waals surface area contributed by atoms with Crippen LogP contribution in [0.2, 0.25) is 10.0 Å². The van der Waals surface area contributed by atoms with Crippen LogP contribution in [0.15, 0.2) is 36.4 Å². The molecule has 4 rings (SSSR count). The second-order valence-electron chi connectivity index (χ2n) is 7.76. The summed E-state index contributed by atoms with van der Waals surface area (Å²) in [6.45, 7) is 3.43. The maximum absolute atomic E-state index is 13.9. The van der Waals surface area contributed by atoms with Gasteiger partial charge in [-0.1, -0.05) is 23.2 Å². The summed E-state index contributed by atoms with van der Waals surface area (Å²) in [6, 6.07) is 8.49. The van der Waals surface area contributed by atoms with Gasteiger partial charge >= 0.3 is 12.0 Å². The van der Waals surface area contributed by atoms with Gasteiger partial charge in [-0.2, -0.15) is 10.2 Å². The zero-order chi connectivity index (χ0) is 26.7. The molecule has 0 radical (unpaired) electrons. The number of hydrogen-bond donors (Lipinski definition) is 2. The third-order valence-corrected chi connectivity index (χ3v) is 5.76. The Morgan fingerprint density at radius 1 is 0.892 bits per heavy atom. The molecular weight excluding hydrogens is 526 g/mol. The summed E-state index contributed by atoms with van der Waals surface area (Å²) in [6.07, 6.45) is 0. The number of benzene rings is 2. The van der Waals surface area contributed by atoms with Gasteiger partial charge in [0.05, 0.1) is 47.2 Å². The topological polar surface area (TPSA) is 129 Å². The number of ether oxygens (including phenoxy) is 1. The molecule has 0 aliphatic carbocycles. The lowest BCUT2D eigenvalue weighted by molar-refractivity contribution is 0.0601. The third kappa shape index (κ3) is 5.87. The number of hydrogen-bond acceptors (Lipinski definition) is 7. The summed E-state index contributed by atoms with van der Waals surface area (Å²) >= 11 is 11.9. The van der Waals surface area contributed by atoms with Crippen LogP contribution in [-0.2, 0) is 17.8 Å². The van der Waals surface area contributed by atoms with Crippen molar-refractivity contribution in [2.24, 2.45) is 0 Å². The summed E-state index contributed by atoms with van der Waals surface area (Å²) < 4.78 is 21.6. The fraction of sp³-hybridized carbons (Fsp3) is 0.217.